The van der Waals surface area contributed by atoms with Crippen LogP contribution in [-0.4, -0.2) is 52.7 Å². The second-order valence-corrected chi connectivity index (χ2v) is 8.41. The van der Waals surface area contributed by atoms with E-state index < -0.39 is 36.1 Å². The van der Waals surface area contributed by atoms with Gasteiger partial charge >= 0.3 is 12.1 Å². The lowest BCUT2D eigenvalue weighted by atomic mass is 9.98. The highest BCUT2D eigenvalue weighted by Crippen LogP contribution is 2.44. The lowest BCUT2D eigenvalue weighted by molar-refractivity contribution is -0.149. The Morgan fingerprint density at radius 2 is 1.76 bits per heavy atom. The van der Waals surface area contributed by atoms with Gasteiger partial charge in [-0.05, 0) is 41.5 Å². The van der Waals surface area contributed by atoms with Gasteiger partial charge in [0.05, 0.1) is 6.04 Å². The Bertz CT molecular complexity index is 1120. The third kappa shape index (κ3) is 4.27. The number of carboxylic acid groups (broad SMARTS) is 1. The molecule has 2 amide bonds. The van der Waals surface area contributed by atoms with Gasteiger partial charge < -0.3 is 20.1 Å². The summed E-state index contributed by atoms with van der Waals surface area (Å²) in [5.74, 6) is 0.690. The molecular weight excluding hydrogens is 432 g/mol. The number of carbonyl (C=O) groups excluding carboxylic acids is 2. The predicted molar refractivity (Wildman–Crippen MR) is 127 cm³/mol. The molecule has 7 heteroatoms. The molecule has 0 saturated carbocycles. The van der Waals surface area contributed by atoms with Gasteiger partial charge in [-0.1, -0.05) is 60.5 Å². The molecule has 7 nitrogen and oxygen atoms in total. The van der Waals surface area contributed by atoms with Gasteiger partial charge in [0.25, 0.3) is 0 Å². The third-order valence-electron chi connectivity index (χ3n) is 6.45. The van der Waals surface area contributed by atoms with Crippen molar-refractivity contribution in [1.82, 2.24) is 10.2 Å². The monoisotopic (exact) mass is 458 g/mol. The van der Waals surface area contributed by atoms with Crippen LogP contribution >= 0.6 is 0 Å². The lowest BCUT2D eigenvalue weighted by Gasteiger charge is -2.29. The van der Waals surface area contributed by atoms with Gasteiger partial charge in [0.2, 0.25) is 5.91 Å². The summed E-state index contributed by atoms with van der Waals surface area (Å²) in [5.41, 5.74) is 4.38. The van der Waals surface area contributed by atoms with Crippen molar-refractivity contribution in [2.45, 2.75) is 43.3 Å². The van der Waals surface area contributed by atoms with E-state index in [4.69, 9.17) is 11.2 Å². The molecule has 1 aliphatic heterocycles. The maximum absolute atomic E-state index is 13.2. The Morgan fingerprint density at radius 3 is 2.32 bits per heavy atom. The number of terminal acetylenes is 1. The molecule has 0 radical (unpaired) electrons. The normalized spacial score (nSPS) is 19.4. The quantitative estimate of drug-likeness (QED) is 0.489. The Balaban J connectivity index is 1.46. The number of nitrogens with zero attached hydrogens (tertiary/aromatic N) is 1. The zero-order valence-corrected chi connectivity index (χ0v) is 18.6. The van der Waals surface area contributed by atoms with Crippen LogP contribution in [0, 0.1) is 12.3 Å². The molecule has 0 bridgehead atoms. The predicted octanol–water partition coefficient (Wildman–Crippen LogP) is 3.55. The van der Waals surface area contributed by atoms with Crippen molar-refractivity contribution in [3.63, 3.8) is 0 Å². The number of carboxylic acids is 1. The fourth-order valence-electron chi connectivity index (χ4n) is 4.87. The standard InChI is InChI=1S/C27H26N2O5/c1-3-9-23(25(30)29-17(4-2)14-15-24(29)26(31)32)28-27(33)34-16-22-20-12-7-5-10-18(20)19-11-6-8-13-21(19)22/h2-3,5-8,10-13,17,22-24H,1,9,14-16H2,(H,28,33)(H,31,32)/t17-,23?,24-/m0/s1. The van der Waals surface area contributed by atoms with Crippen molar-refractivity contribution >= 4 is 18.0 Å². The van der Waals surface area contributed by atoms with Crippen molar-refractivity contribution in [2.24, 2.45) is 0 Å². The molecule has 2 aromatic rings. The number of ether oxygens (including phenoxy) is 1. The lowest BCUT2D eigenvalue weighted by Crippen LogP contribution is -2.54. The van der Waals surface area contributed by atoms with Crippen LogP contribution in [0.2, 0.25) is 0 Å². The van der Waals surface area contributed by atoms with Gasteiger partial charge in [0.1, 0.15) is 18.7 Å². The summed E-state index contributed by atoms with van der Waals surface area (Å²) in [6, 6.07) is 13.3. The van der Waals surface area contributed by atoms with Gasteiger partial charge in [-0.25, -0.2) is 9.59 Å². The van der Waals surface area contributed by atoms with Crippen LogP contribution < -0.4 is 5.32 Å². The molecule has 1 heterocycles. The number of rotatable bonds is 7. The van der Waals surface area contributed by atoms with Gasteiger partial charge in [-0.15, -0.1) is 13.0 Å². The molecule has 0 aromatic heterocycles. The summed E-state index contributed by atoms with van der Waals surface area (Å²) in [6.07, 6.45) is 7.03. The van der Waals surface area contributed by atoms with E-state index in [2.05, 4.69) is 17.8 Å². The summed E-state index contributed by atoms with van der Waals surface area (Å²) in [5, 5.41) is 12.1. The molecule has 34 heavy (non-hydrogen) atoms. The molecule has 1 aliphatic carbocycles. The average molecular weight is 459 g/mol. The first-order valence-corrected chi connectivity index (χ1v) is 11.2. The van der Waals surface area contributed by atoms with Crippen LogP contribution in [0.25, 0.3) is 11.1 Å². The Hall–Kier alpha value is -4.05. The van der Waals surface area contributed by atoms with E-state index in [0.29, 0.717) is 6.42 Å². The molecule has 2 aliphatic rings. The first kappa shape index (κ1) is 23.1. The van der Waals surface area contributed by atoms with Crippen molar-refractivity contribution < 1.29 is 24.2 Å². The number of nitrogens with one attached hydrogen (secondary N) is 1. The maximum atomic E-state index is 13.2. The van der Waals surface area contributed by atoms with Gasteiger partial charge in [-0.2, -0.15) is 0 Å². The highest BCUT2D eigenvalue weighted by Gasteiger charge is 2.42. The molecule has 0 spiro atoms. The molecule has 4 rings (SSSR count). The van der Waals surface area contributed by atoms with Crippen LogP contribution in [0.4, 0.5) is 4.79 Å². The number of hydrogen-bond donors (Lipinski definition) is 2. The first-order chi connectivity index (χ1) is 16.5. The Morgan fingerprint density at radius 1 is 1.15 bits per heavy atom. The van der Waals surface area contributed by atoms with Crippen molar-refractivity contribution in [3.8, 4) is 23.5 Å². The number of aliphatic carboxylic acids is 1. The summed E-state index contributed by atoms with van der Waals surface area (Å²) in [6.45, 7) is 3.75. The van der Waals surface area contributed by atoms with E-state index in [1.807, 2.05) is 48.5 Å². The van der Waals surface area contributed by atoms with Gasteiger partial charge in [-0.3, -0.25) is 4.79 Å². The Kier molecular flexibility index (Phi) is 6.69. The molecule has 1 saturated heterocycles. The molecule has 174 valence electrons. The van der Waals surface area contributed by atoms with E-state index in [0.717, 1.165) is 22.3 Å². The van der Waals surface area contributed by atoms with E-state index in [1.165, 1.54) is 11.0 Å². The van der Waals surface area contributed by atoms with Crippen molar-refractivity contribution in [2.75, 3.05) is 6.61 Å². The van der Waals surface area contributed by atoms with Crippen molar-refractivity contribution in [1.29, 1.82) is 0 Å². The zero-order chi connectivity index (χ0) is 24.2. The minimum absolute atomic E-state index is 0.101. The molecule has 1 unspecified atom stereocenters. The highest BCUT2D eigenvalue weighted by molar-refractivity contribution is 5.90. The number of hydrogen-bond acceptors (Lipinski definition) is 4. The molecule has 3 atom stereocenters. The number of carbonyl (C=O) groups is 3. The maximum Gasteiger partial charge on any atom is 0.407 e. The van der Waals surface area contributed by atoms with Crippen molar-refractivity contribution in [3.05, 3.63) is 72.3 Å². The minimum atomic E-state index is -1.12. The van der Waals surface area contributed by atoms with Crippen LogP contribution in [0.15, 0.2) is 61.2 Å². The molecule has 2 N–H and O–H groups in total. The molecule has 2 aromatic carbocycles. The summed E-state index contributed by atoms with van der Waals surface area (Å²) >= 11 is 0. The van der Waals surface area contributed by atoms with Crippen LogP contribution in [0.5, 0.6) is 0 Å². The minimum Gasteiger partial charge on any atom is -0.480 e. The largest absolute Gasteiger partial charge is 0.480 e. The first-order valence-electron chi connectivity index (χ1n) is 11.2. The SMILES string of the molecule is C#C[C@H]1CC[C@@H](C(=O)O)N1C(=O)C(CC=C)NC(=O)OCC1c2ccccc2-c2ccccc21. The number of benzene rings is 2. The Labute approximate surface area is 198 Å². The summed E-state index contributed by atoms with van der Waals surface area (Å²) in [4.78, 5) is 38.7. The van der Waals surface area contributed by atoms with E-state index in [1.54, 1.807) is 0 Å². The topological polar surface area (TPSA) is 95.9 Å². The van der Waals surface area contributed by atoms with Crippen LogP contribution in [0.3, 0.4) is 0 Å². The fourth-order valence-corrected chi connectivity index (χ4v) is 4.87. The molecular formula is C27H26N2O5. The van der Waals surface area contributed by atoms with Crippen LogP contribution in [-0.2, 0) is 14.3 Å². The van der Waals surface area contributed by atoms with Gasteiger partial charge in [0, 0.05) is 5.92 Å². The third-order valence-corrected chi connectivity index (χ3v) is 6.45. The number of likely N-dealkylation sites (tertiary alicyclic amines) is 1. The molecule has 1 fully saturated rings. The summed E-state index contributed by atoms with van der Waals surface area (Å²) in [7, 11) is 0. The number of alkyl carbamates (subject to hydrolysis) is 1. The van der Waals surface area contributed by atoms with Gasteiger partial charge in [0.15, 0.2) is 0 Å². The van der Waals surface area contributed by atoms with E-state index in [-0.39, 0.29) is 25.4 Å². The highest BCUT2D eigenvalue weighted by atomic mass is 16.5. The number of fused-ring (bicyclic) bond motifs is 3. The smallest absolute Gasteiger partial charge is 0.407 e. The zero-order valence-electron chi connectivity index (χ0n) is 18.6. The summed E-state index contributed by atoms with van der Waals surface area (Å²) < 4.78 is 5.55. The fraction of sp³-hybridized carbons (Fsp3) is 0.296. The average Bonchev–Trinajstić information content (AvgIpc) is 3.41. The van der Waals surface area contributed by atoms with E-state index >= 15 is 0 Å². The number of amides is 2. The van der Waals surface area contributed by atoms with E-state index in [9.17, 15) is 19.5 Å². The van der Waals surface area contributed by atoms with Crippen LogP contribution in [0.1, 0.15) is 36.3 Å². The second-order valence-electron chi connectivity index (χ2n) is 8.41. The second kappa shape index (κ2) is 9.84.